The molecule has 0 spiro atoms. The first-order valence-electron chi connectivity index (χ1n) is 15.2. The fourth-order valence-corrected chi connectivity index (χ4v) is 5.83. The van der Waals surface area contributed by atoms with Gasteiger partial charge in [-0.2, -0.15) is 0 Å². The molecule has 0 saturated carbocycles. The van der Waals surface area contributed by atoms with E-state index < -0.39 is 0 Å². The van der Waals surface area contributed by atoms with Gasteiger partial charge in [0.1, 0.15) is 23.7 Å². The molecule has 1 aliphatic heterocycles. The van der Waals surface area contributed by atoms with Crippen molar-refractivity contribution >= 4 is 0 Å². The Morgan fingerprint density at radius 3 is 2.37 bits per heavy atom. The van der Waals surface area contributed by atoms with Crippen molar-refractivity contribution in [1.82, 2.24) is 0 Å². The van der Waals surface area contributed by atoms with Crippen LogP contribution in [0.25, 0.3) is 0 Å². The van der Waals surface area contributed by atoms with Crippen LogP contribution in [-0.2, 0) is 13.0 Å². The molecule has 0 unspecified atom stereocenters. The average Bonchev–Trinajstić information content (AvgIpc) is 2.87. The van der Waals surface area contributed by atoms with E-state index in [0.717, 1.165) is 42.6 Å². The predicted octanol–water partition coefficient (Wildman–Crippen LogP) is 10.5. The van der Waals surface area contributed by atoms with E-state index in [-0.39, 0.29) is 5.60 Å². The molecule has 0 radical (unpaired) electrons. The highest BCUT2D eigenvalue weighted by Gasteiger charge is 2.34. The lowest BCUT2D eigenvalue weighted by Gasteiger charge is -2.38. The fraction of sp³-hybridized carbons (Fsp3) is 0.611. The molecule has 1 heterocycles. The Bertz CT molecular complexity index is 1040. The van der Waals surface area contributed by atoms with Crippen LogP contribution < -0.4 is 9.47 Å². The Balaban J connectivity index is 1.52. The molecule has 2 aromatic rings. The van der Waals surface area contributed by atoms with Crippen molar-refractivity contribution in [3.8, 4) is 11.5 Å². The summed E-state index contributed by atoms with van der Waals surface area (Å²) in [7, 11) is 0. The van der Waals surface area contributed by atoms with E-state index in [2.05, 4.69) is 91.8 Å². The highest BCUT2D eigenvalue weighted by molar-refractivity contribution is 5.59. The number of benzene rings is 2. The van der Waals surface area contributed by atoms with Gasteiger partial charge in [-0.15, -0.1) is 0 Å². The van der Waals surface area contributed by atoms with Crippen molar-refractivity contribution < 1.29 is 9.47 Å². The standard InChI is InChI=1S/C36H54O2/c1-26(2)15-12-16-27(3)17-13-18-28(4)19-14-23-36(8)24-22-33-31(7)34(29(5)30(6)35(33)38-36)37-25-32-20-10-9-11-21-32/h9-11,13,18,20-21,26-28H,12,14-17,19,22-25H2,1-8H3/b18-13+/t27-,28-,36-/m1/s1. The normalized spacial score (nSPS) is 18.9. The van der Waals surface area contributed by atoms with E-state index in [1.54, 1.807) is 0 Å². The Morgan fingerprint density at radius 2 is 1.66 bits per heavy atom. The minimum atomic E-state index is -0.0859. The molecule has 0 fully saturated rings. The lowest BCUT2D eigenvalue weighted by molar-refractivity contribution is 0.0516. The van der Waals surface area contributed by atoms with Crippen molar-refractivity contribution in [3.63, 3.8) is 0 Å². The quantitative estimate of drug-likeness (QED) is 0.232. The smallest absolute Gasteiger partial charge is 0.127 e. The monoisotopic (exact) mass is 518 g/mol. The third kappa shape index (κ3) is 8.65. The molecule has 2 aromatic carbocycles. The average molecular weight is 519 g/mol. The predicted molar refractivity (Wildman–Crippen MR) is 163 cm³/mol. The lowest BCUT2D eigenvalue weighted by Crippen LogP contribution is -2.37. The molecule has 0 amide bonds. The van der Waals surface area contributed by atoms with Crippen molar-refractivity contribution in [2.75, 3.05) is 0 Å². The summed E-state index contributed by atoms with van der Waals surface area (Å²) in [5, 5.41) is 0. The van der Waals surface area contributed by atoms with Crippen LogP contribution in [-0.4, -0.2) is 5.60 Å². The van der Waals surface area contributed by atoms with Crippen LogP contribution in [0.2, 0.25) is 0 Å². The van der Waals surface area contributed by atoms with E-state index in [4.69, 9.17) is 9.47 Å². The second-order valence-corrected chi connectivity index (χ2v) is 12.8. The highest BCUT2D eigenvalue weighted by atomic mass is 16.5. The summed E-state index contributed by atoms with van der Waals surface area (Å²) in [6.45, 7) is 18.9. The fourth-order valence-electron chi connectivity index (χ4n) is 5.83. The van der Waals surface area contributed by atoms with E-state index in [0.29, 0.717) is 12.5 Å². The Morgan fingerprint density at radius 1 is 0.921 bits per heavy atom. The van der Waals surface area contributed by atoms with Gasteiger partial charge in [-0.3, -0.25) is 0 Å². The third-order valence-corrected chi connectivity index (χ3v) is 8.64. The number of hydrogen-bond donors (Lipinski definition) is 0. The van der Waals surface area contributed by atoms with Crippen LogP contribution in [0.15, 0.2) is 42.5 Å². The SMILES string of the molecule is Cc1c(C)c2c(c(C)c1OCc1ccccc1)CC[C@@](C)(CCC[C@H](C)/C=C/C[C@H](C)CCCC(C)C)O2. The molecule has 3 atom stereocenters. The van der Waals surface area contributed by atoms with Crippen molar-refractivity contribution in [2.45, 2.75) is 125 Å². The molecule has 210 valence electrons. The zero-order valence-corrected chi connectivity index (χ0v) is 25.7. The molecule has 0 bridgehead atoms. The number of allylic oxidation sites excluding steroid dienone is 2. The summed E-state index contributed by atoms with van der Waals surface area (Å²) in [5.41, 5.74) is 6.14. The van der Waals surface area contributed by atoms with E-state index in [1.807, 2.05) is 6.07 Å². The summed E-state index contributed by atoms with van der Waals surface area (Å²) in [6, 6.07) is 10.4. The summed E-state index contributed by atoms with van der Waals surface area (Å²) in [6.07, 6.45) is 15.9. The van der Waals surface area contributed by atoms with E-state index >= 15 is 0 Å². The van der Waals surface area contributed by atoms with Gasteiger partial charge in [0.05, 0.1) is 0 Å². The van der Waals surface area contributed by atoms with Gasteiger partial charge in [0.15, 0.2) is 0 Å². The second-order valence-electron chi connectivity index (χ2n) is 12.8. The van der Waals surface area contributed by atoms with Crippen molar-refractivity contribution in [3.05, 3.63) is 70.3 Å². The summed E-state index contributed by atoms with van der Waals surface area (Å²) in [5.74, 6) is 4.40. The summed E-state index contributed by atoms with van der Waals surface area (Å²) >= 11 is 0. The zero-order valence-electron chi connectivity index (χ0n) is 25.7. The largest absolute Gasteiger partial charge is 0.488 e. The first-order chi connectivity index (χ1) is 18.1. The molecular weight excluding hydrogens is 464 g/mol. The molecule has 3 rings (SSSR count). The van der Waals surface area contributed by atoms with Crippen LogP contribution in [0.3, 0.4) is 0 Å². The Labute approximate surface area is 234 Å². The first kappa shape index (κ1) is 30.3. The molecule has 2 nitrogen and oxygen atoms in total. The molecule has 0 saturated heterocycles. The summed E-state index contributed by atoms with van der Waals surface area (Å²) in [4.78, 5) is 0. The van der Waals surface area contributed by atoms with Gasteiger partial charge in [-0.25, -0.2) is 0 Å². The number of fused-ring (bicyclic) bond motifs is 1. The first-order valence-corrected chi connectivity index (χ1v) is 15.2. The van der Waals surface area contributed by atoms with Gasteiger partial charge >= 0.3 is 0 Å². The van der Waals surface area contributed by atoms with Crippen LogP contribution in [0.1, 0.15) is 114 Å². The maximum Gasteiger partial charge on any atom is 0.127 e. The molecule has 38 heavy (non-hydrogen) atoms. The molecule has 1 aliphatic rings. The Kier molecular flexibility index (Phi) is 11.4. The molecule has 2 heteroatoms. The second kappa shape index (κ2) is 14.2. The minimum Gasteiger partial charge on any atom is -0.488 e. The zero-order chi connectivity index (χ0) is 27.7. The van der Waals surface area contributed by atoms with Crippen LogP contribution in [0, 0.1) is 38.5 Å². The molecule has 0 aromatic heterocycles. The molecule has 0 aliphatic carbocycles. The van der Waals surface area contributed by atoms with Crippen LogP contribution in [0.4, 0.5) is 0 Å². The van der Waals surface area contributed by atoms with E-state index in [1.165, 1.54) is 66.3 Å². The Hall–Kier alpha value is -2.22. The minimum absolute atomic E-state index is 0.0859. The van der Waals surface area contributed by atoms with Gasteiger partial charge in [0.2, 0.25) is 0 Å². The van der Waals surface area contributed by atoms with Gasteiger partial charge in [-0.1, -0.05) is 89.4 Å². The van der Waals surface area contributed by atoms with Gasteiger partial charge in [0.25, 0.3) is 0 Å². The summed E-state index contributed by atoms with van der Waals surface area (Å²) < 4.78 is 13.2. The number of ether oxygens (including phenoxy) is 2. The highest BCUT2D eigenvalue weighted by Crippen LogP contribution is 2.45. The topological polar surface area (TPSA) is 18.5 Å². The van der Waals surface area contributed by atoms with Crippen molar-refractivity contribution in [2.24, 2.45) is 17.8 Å². The number of hydrogen-bond acceptors (Lipinski definition) is 2. The van der Waals surface area contributed by atoms with Crippen molar-refractivity contribution in [1.29, 1.82) is 0 Å². The van der Waals surface area contributed by atoms with Gasteiger partial charge < -0.3 is 9.47 Å². The van der Waals surface area contributed by atoms with Gasteiger partial charge in [0, 0.05) is 5.56 Å². The lowest BCUT2D eigenvalue weighted by atomic mass is 9.84. The third-order valence-electron chi connectivity index (χ3n) is 8.64. The number of rotatable bonds is 14. The maximum absolute atomic E-state index is 6.80. The maximum atomic E-state index is 6.80. The molecule has 0 N–H and O–H groups in total. The van der Waals surface area contributed by atoms with Crippen LogP contribution >= 0.6 is 0 Å². The molecular formula is C36H54O2. The van der Waals surface area contributed by atoms with Gasteiger partial charge in [-0.05, 0) is 106 Å². The van der Waals surface area contributed by atoms with E-state index in [9.17, 15) is 0 Å². The van der Waals surface area contributed by atoms with Crippen LogP contribution in [0.5, 0.6) is 11.5 Å².